The average molecular weight is 384 g/mol. The second-order valence-electron chi connectivity index (χ2n) is 7.54. The first-order chi connectivity index (χ1) is 13.0. The van der Waals surface area contributed by atoms with Crippen LogP contribution in [0.25, 0.3) is 22.4 Å². The van der Waals surface area contributed by atoms with Gasteiger partial charge in [0.05, 0.1) is 22.3 Å². The molecule has 0 atom stereocenters. The summed E-state index contributed by atoms with van der Waals surface area (Å²) < 4.78 is 5.45. The van der Waals surface area contributed by atoms with Gasteiger partial charge < -0.3 is 9.42 Å². The highest BCUT2D eigenvalue weighted by Crippen LogP contribution is 2.34. The Bertz CT molecular complexity index is 998. The van der Waals surface area contributed by atoms with Crippen molar-refractivity contribution < 1.29 is 9.32 Å². The topological polar surface area (TPSA) is 59.2 Å². The van der Waals surface area contributed by atoms with Crippen LogP contribution >= 0.6 is 11.3 Å². The normalized spacial score (nSPS) is 15.4. The molecule has 6 heteroatoms. The van der Waals surface area contributed by atoms with Crippen LogP contribution in [0.3, 0.4) is 0 Å². The van der Waals surface area contributed by atoms with Crippen LogP contribution in [0.5, 0.6) is 0 Å². The van der Waals surface area contributed by atoms with E-state index in [0.29, 0.717) is 23.0 Å². The maximum absolute atomic E-state index is 13.4. The summed E-state index contributed by atoms with van der Waals surface area (Å²) in [5.41, 5.74) is 3.63. The molecule has 0 radical (unpaired) electrons. The molecule has 4 rings (SSSR count). The summed E-state index contributed by atoms with van der Waals surface area (Å²) in [4.78, 5) is 22.4. The highest BCUT2D eigenvalue weighted by molar-refractivity contribution is 7.12. The molecule has 27 heavy (non-hydrogen) atoms. The predicted octanol–water partition coefficient (Wildman–Crippen LogP) is 5.28. The second-order valence-corrected chi connectivity index (χ2v) is 9.00. The van der Waals surface area contributed by atoms with Crippen molar-refractivity contribution in [3.05, 3.63) is 33.1 Å². The number of fused-ring (bicyclic) bond motifs is 1. The Labute approximate surface area is 163 Å². The van der Waals surface area contributed by atoms with Gasteiger partial charge in [0.2, 0.25) is 0 Å². The van der Waals surface area contributed by atoms with E-state index < -0.39 is 0 Å². The standard InChI is InChI=1S/C21H25N3O2S/c1-12-10-16(14(3)27-12)18-11-17(19-13(2)23-26-20(19)22-18)21(25)24(4)15-8-6-5-7-9-15/h10-11,15H,5-9H2,1-4H3. The lowest BCUT2D eigenvalue weighted by Gasteiger charge is -2.31. The number of aromatic nitrogens is 2. The Hall–Kier alpha value is -2.21. The highest BCUT2D eigenvalue weighted by atomic mass is 32.1. The van der Waals surface area contributed by atoms with Gasteiger partial charge in [0.15, 0.2) is 0 Å². The fourth-order valence-corrected chi connectivity index (χ4v) is 5.04. The molecule has 142 valence electrons. The number of amides is 1. The summed E-state index contributed by atoms with van der Waals surface area (Å²) in [5.74, 6) is 0.0338. The Morgan fingerprint density at radius 2 is 1.93 bits per heavy atom. The third kappa shape index (κ3) is 3.27. The Morgan fingerprint density at radius 3 is 2.59 bits per heavy atom. The van der Waals surface area contributed by atoms with E-state index in [-0.39, 0.29) is 5.91 Å². The van der Waals surface area contributed by atoms with Gasteiger partial charge in [-0.05, 0) is 45.7 Å². The molecule has 0 unspecified atom stereocenters. The van der Waals surface area contributed by atoms with Crippen molar-refractivity contribution in [2.24, 2.45) is 0 Å². The van der Waals surface area contributed by atoms with E-state index in [0.717, 1.165) is 29.5 Å². The zero-order valence-electron chi connectivity index (χ0n) is 16.3. The molecule has 1 aliphatic carbocycles. The van der Waals surface area contributed by atoms with Gasteiger partial charge >= 0.3 is 0 Å². The van der Waals surface area contributed by atoms with Crippen LogP contribution in [0.15, 0.2) is 16.7 Å². The van der Waals surface area contributed by atoms with Crippen LogP contribution in [-0.4, -0.2) is 34.0 Å². The Balaban J connectivity index is 1.81. The maximum atomic E-state index is 13.4. The minimum atomic E-state index is 0.0338. The summed E-state index contributed by atoms with van der Waals surface area (Å²) >= 11 is 1.74. The largest absolute Gasteiger partial charge is 0.339 e. The molecule has 0 saturated heterocycles. The van der Waals surface area contributed by atoms with Crippen LogP contribution in [0, 0.1) is 20.8 Å². The third-order valence-corrected chi connectivity index (χ3v) is 6.57. The van der Waals surface area contributed by atoms with Crippen LogP contribution in [0.4, 0.5) is 0 Å². The van der Waals surface area contributed by atoms with Crippen molar-refractivity contribution >= 4 is 28.3 Å². The molecule has 1 amide bonds. The molecular weight excluding hydrogens is 358 g/mol. The van der Waals surface area contributed by atoms with Gasteiger partial charge in [-0.25, -0.2) is 4.98 Å². The average Bonchev–Trinajstić information content (AvgIpc) is 3.22. The van der Waals surface area contributed by atoms with Gasteiger partial charge in [-0.15, -0.1) is 11.3 Å². The monoisotopic (exact) mass is 383 g/mol. The molecule has 1 saturated carbocycles. The quantitative estimate of drug-likeness (QED) is 0.617. The van der Waals surface area contributed by atoms with Gasteiger partial charge in [-0.3, -0.25) is 4.79 Å². The van der Waals surface area contributed by atoms with Crippen LogP contribution in [0.1, 0.15) is 57.9 Å². The SMILES string of the molecule is Cc1cc(-c2cc(C(=O)N(C)C3CCCCC3)c3c(C)noc3n2)c(C)s1. The fourth-order valence-electron chi connectivity index (χ4n) is 4.11. The second kappa shape index (κ2) is 7.08. The van der Waals surface area contributed by atoms with E-state index >= 15 is 0 Å². The first-order valence-corrected chi connectivity index (χ1v) is 10.4. The number of thiophene rings is 1. The Morgan fingerprint density at radius 1 is 1.19 bits per heavy atom. The molecule has 0 bridgehead atoms. The Kier molecular flexibility index (Phi) is 4.76. The zero-order valence-corrected chi connectivity index (χ0v) is 17.2. The number of rotatable bonds is 3. The van der Waals surface area contributed by atoms with Gasteiger partial charge in [0.25, 0.3) is 11.6 Å². The number of hydrogen-bond acceptors (Lipinski definition) is 5. The smallest absolute Gasteiger partial charge is 0.259 e. The van der Waals surface area contributed by atoms with E-state index in [4.69, 9.17) is 4.52 Å². The van der Waals surface area contributed by atoms with Gasteiger partial charge in [-0.1, -0.05) is 24.4 Å². The first-order valence-electron chi connectivity index (χ1n) is 9.57. The van der Waals surface area contributed by atoms with E-state index in [1.165, 1.54) is 29.0 Å². The van der Waals surface area contributed by atoms with Crippen LogP contribution < -0.4 is 0 Å². The molecule has 1 aliphatic rings. The summed E-state index contributed by atoms with van der Waals surface area (Å²) in [6, 6.07) is 4.35. The minimum Gasteiger partial charge on any atom is -0.339 e. The molecule has 5 nitrogen and oxygen atoms in total. The number of pyridine rings is 1. The first kappa shape index (κ1) is 18.2. The van der Waals surface area contributed by atoms with E-state index in [1.807, 2.05) is 24.9 Å². The lowest BCUT2D eigenvalue weighted by molar-refractivity contribution is 0.0698. The van der Waals surface area contributed by atoms with E-state index in [2.05, 4.69) is 30.1 Å². The van der Waals surface area contributed by atoms with Crippen molar-refractivity contribution in [3.63, 3.8) is 0 Å². The molecule has 1 fully saturated rings. The maximum Gasteiger partial charge on any atom is 0.259 e. The van der Waals surface area contributed by atoms with Crippen molar-refractivity contribution in [2.45, 2.75) is 58.9 Å². The van der Waals surface area contributed by atoms with Crippen LogP contribution in [-0.2, 0) is 0 Å². The lowest BCUT2D eigenvalue weighted by Crippen LogP contribution is -2.38. The van der Waals surface area contributed by atoms with E-state index in [1.54, 1.807) is 11.3 Å². The summed E-state index contributed by atoms with van der Waals surface area (Å²) in [6.07, 6.45) is 5.81. The van der Waals surface area contributed by atoms with Crippen LogP contribution in [0.2, 0.25) is 0 Å². The molecule has 3 aromatic rings. The van der Waals surface area contributed by atoms with Gasteiger partial charge in [-0.2, -0.15) is 0 Å². The van der Waals surface area contributed by atoms with Crippen molar-refractivity contribution in [1.29, 1.82) is 0 Å². The molecule has 3 aromatic heterocycles. The number of carbonyl (C=O) groups excluding carboxylic acids is 1. The molecule has 0 N–H and O–H groups in total. The van der Waals surface area contributed by atoms with Crippen molar-refractivity contribution in [1.82, 2.24) is 15.0 Å². The summed E-state index contributed by atoms with van der Waals surface area (Å²) in [5, 5.41) is 4.80. The zero-order chi connectivity index (χ0) is 19.1. The molecular formula is C21H25N3O2S. The van der Waals surface area contributed by atoms with E-state index in [9.17, 15) is 4.79 Å². The third-order valence-electron chi connectivity index (χ3n) is 5.61. The lowest BCUT2D eigenvalue weighted by atomic mass is 9.94. The van der Waals surface area contributed by atoms with Crippen molar-refractivity contribution in [2.75, 3.05) is 7.05 Å². The number of hydrogen-bond donors (Lipinski definition) is 0. The fraction of sp³-hybridized carbons (Fsp3) is 0.476. The van der Waals surface area contributed by atoms with Crippen molar-refractivity contribution in [3.8, 4) is 11.3 Å². The minimum absolute atomic E-state index is 0.0338. The number of aryl methyl sites for hydroxylation is 3. The molecule has 0 aliphatic heterocycles. The number of nitrogens with zero attached hydrogens (tertiary/aromatic N) is 3. The molecule has 3 heterocycles. The molecule has 0 spiro atoms. The summed E-state index contributed by atoms with van der Waals surface area (Å²) in [7, 11) is 1.92. The molecule has 0 aromatic carbocycles. The highest BCUT2D eigenvalue weighted by Gasteiger charge is 2.27. The number of carbonyl (C=O) groups is 1. The van der Waals surface area contributed by atoms with Gasteiger partial charge in [0, 0.05) is 28.4 Å². The summed E-state index contributed by atoms with van der Waals surface area (Å²) in [6.45, 7) is 6.03. The predicted molar refractivity (Wildman–Crippen MR) is 108 cm³/mol. The van der Waals surface area contributed by atoms with Gasteiger partial charge in [0.1, 0.15) is 0 Å².